The lowest BCUT2D eigenvalue weighted by Crippen LogP contribution is -2.44. The third-order valence-corrected chi connectivity index (χ3v) is 6.00. The van der Waals surface area contributed by atoms with E-state index in [2.05, 4.69) is 0 Å². The summed E-state index contributed by atoms with van der Waals surface area (Å²) in [5, 5.41) is 20.1. The lowest BCUT2D eigenvalue weighted by atomic mass is 9.85. The Kier molecular flexibility index (Phi) is 4.58. The number of carbonyl (C=O) groups excluding carboxylic acids is 2. The average Bonchev–Trinajstić information content (AvgIpc) is 3.00. The van der Waals surface area contributed by atoms with E-state index in [1.165, 1.54) is 65.6 Å². The van der Waals surface area contributed by atoms with E-state index in [-0.39, 0.29) is 24.5 Å². The Morgan fingerprint density at radius 3 is 2.12 bits per heavy atom. The Labute approximate surface area is 181 Å². The standard InChI is InChI=1S/C24H18F2N2O4/c25-16-5-1-13(2-6-16)12-27-23(31)19-9-15-10-20(29)21(30)11-18(15)22(28(19)24(27)32)14-3-7-17(26)8-4-14/h1-8,10-11,19,22,29-30H,9,12H2/t19-,22+/m0/s1. The van der Waals surface area contributed by atoms with Crippen molar-refractivity contribution in [1.29, 1.82) is 0 Å². The first-order valence-electron chi connectivity index (χ1n) is 10.0. The molecule has 2 aliphatic heterocycles. The Morgan fingerprint density at radius 2 is 1.47 bits per heavy atom. The lowest BCUT2D eigenvalue weighted by molar-refractivity contribution is -0.129. The molecule has 0 spiro atoms. The predicted octanol–water partition coefficient (Wildman–Crippen LogP) is 3.85. The van der Waals surface area contributed by atoms with Gasteiger partial charge >= 0.3 is 6.03 Å². The summed E-state index contributed by atoms with van der Waals surface area (Å²) >= 11 is 0. The van der Waals surface area contributed by atoms with Gasteiger partial charge in [-0.1, -0.05) is 24.3 Å². The van der Waals surface area contributed by atoms with E-state index in [1.54, 1.807) is 0 Å². The molecule has 6 nitrogen and oxygen atoms in total. The molecule has 5 rings (SSSR count). The van der Waals surface area contributed by atoms with Gasteiger partial charge in [0.25, 0.3) is 5.91 Å². The second-order valence-electron chi connectivity index (χ2n) is 7.95. The van der Waals surface area contributed by atoms with Crippen molar-refractivity contribution in [2.45, 2.75) is 25.0 Å². The molecule has 8 heteroatoms. The minimum Gasteiger partial charge on any atom is -0.504 e. The number of nitrogens with zero attached hydrogens (tertiary/aromatic N) is 2. The molecule has 0 aromatic heterocycles. The molecular formula is C24H18F2N2O4. The molecule has 0 unspecified atom stereocenters. The van der Waals surface area contributed by atoms with E-state index >= 15 is 0 Å². The van der Waals surface area contributed by atoms with Crippen molar-refractivity contribution < 1.29 is 28.6 Å². The number of amides is 3. The zero-order valence-electron chi connectivity index (χ0n) is 16.7. The van der Waals surface area contributed by atoms with Gasteiger partial charge in [0, 0.05) is 6.42 Å². The fraction of sp³-hybridized carbons (Fsp3) is 0.167. The lowest BCUT2D eigenvalue weighted by Gasteiger charge is -2.37. The summed E-state index contributed by atoms with van der Waals surface area (Å²) in [7, 11) is 0. The monoisotopic (exact) mass is 436 g/mol. The van der Waals surface area contributed by atoms with Gasteiger partial charge in [-0.2, -0.15) is 0 Å². The van der Waals surface area contributed by atoms with Crippen LogP contribution in [-0.2, 0) is 17.8 Å². The summed E-state index contributed by atoms with van der Waals surface area (Å²) in [6.45, 7) is -0.0199. The third-order valence-electron chi connectivity index (χ3n) is 6.00. The van der Waals surface area contributed by atoms with Crippen LogP contribution in [0.5, 0.6) is 11.5 Å². The highest BCUT2D eigenvalue weighted by Crippen LogP contribution is 2.45. The number of rotatable bonds is 3. The molecule has 32 heavy (non-hydrogen) atoms. The van der Waals surface area contributed by atoms with Gasteiger partial charge in [-0.25, -0.2) is 13.6 Å². The molecular weight excluding hydrogens is 418 g/mol. The van der Waals surface area contributed by atoms with Crippen molar-refractivity contribution >= 4 is 11.9 Å². The maximum atomic E-state index is 13.6. The molecule has 0 radical (unpaired) electrons. The van der Waals surface area contributed by atoms with E-state index in [4.69, 9.17) is 0 Å². The first-order chi connectivity index (χ1) is 15.3. The minimum absolute atomic E-state index is 0.0199. The van der Waals surface area contributed by atoms with E-state index in [9.17, 15) is 28.6 Å². The van der Waals surface area contributed by atoms with Crippen LogP contribution in [-0.4, -0.2) is 38.0 Å². The van der Waals surface area contributed by atoms with Crippen LogP contribution < -0.4 is 0 Å². The molecule has 1 fully saturated rings. The number of hydrogen-bond acceptors (Lipinski definition) is 4. The summed E-state index contributed by atoms with van der Waals surface area (Å²) < 4.78 is 26.8. The van der Waals surface area contributed by atoms with Gasteiger partial charge in [-0.05, 0) is 58.7 Å². The van der Waals surface area contributed by atoms with Crippen LogP contribution in [0.4, 0.5) is 13.6 Å². The van der Waals surface area contributed by atoms with Gasteiger partial charge < -0.3 is 15.1 Å². The van der Waals surface area contributed by atoms with Crippen molar-refractivity contribution in [3.63, 3.8) is 0 Å². The summed E-state index contributed by atoms with van der Waals surface area (Å²) in [5.74, 6) is -1.96. The molecule has 2 atom stereocenters. The fourth-order valence-electron chi connectivity index (χ4n) is 4.47. The van der Waals surface area contributed by atoms with E-state index < -0.39 is 35.7 Å². The molecule has 3 aromatic carbocycles. The van der Waals surface area contributed by atoms with Crippen LogP contribution in [0.15, 0.2) is 60.7 Å². The van der Waals surface area contributed by atoms with Crippen LogP contribution in [0.3, 0.4) is 0 Å². The molecule has 0 saturated carbocycles. The van der Waals surface area contributed by atoms with Crippen LogP contribution in [0.1, 0.15) is 28.3 Å². The maximum Gasteiger partial charge on any atom is 0.328 e. The normalized spacial score (nSPS) is 19.8. The third kappa shape index (κ3) is 3.15. The van der Waals surface area contributed by atoms with Crippen molar-refractivity contribution in [1.82, 2.24) is 9.80 Å². The largest absolute Gasteiger partial charge is 0.504 e. The number of halogens is 2. The molecule has 0 aliphatic carbocycles. The number of imide groups is 1. The first-order valence-corrected chi connectivity index (χ1v) is 10.0. The highest BCUT2D eigenvalue weighted by atomic mass is 19.1. The highest BCUT2D eigenvalue weighted by Gasteiger charge is 2.51. The topological polar surface area (TPSA) is 81.1 Å². The molecule has 2 heterocycles. The Morgan fingerprint density at radius 1 is 0.875 bits per heavy atom. The predicted molar refractivity (Wildman–Crippen MR) is 110 cm³/mol. The summed E-state index contributed by atoms with van der Waals surface area (Å²) in [6, 6.07) is 11.8. The average molecular weight is 436 g/mol. The van der Waals surface area contributed by atoms with Crippen LogP contribution in [0.25, 0.3) is 0 Å². The van der Waals surface area contributed by atoms with E-state index in [0.29, 0.717) is 22.3 Å². The summed E-state index contributed by atoms with van der Waals surface area (Å²) in [6.07, 6.45) is 0.158. The zero-order valence-corrected chi connectivity index (χ0v) is 16.7. The van der Waals surface area contributed by atoms with Crippen LogP contribution >= 0.6 is 0 Å². The number of carbonyl (C=O) groups is 2. The molecule has 162 valence electrons. The number of phenols is 2. The SMILES string of the molecule is O=C1[C@@H]2Cc3cc(O)c(O)cc3[C@@H](c3ccc(F)cc3)N2C(=O)N1Cc1ccc(F)cc1. The number of hydrogen-bond donors (Lipinski definition) is 2. The highest BCUT2D eigenvalue weighted by molar-refractivity contribution is 6.05. The molecule has 3 amide bonds. The Hall–Kier alpha value is -3.94. The van der Waals surface area contributed by atoms with Crippen molar-refractivity contribution in [2.75, 3.05) is 0 Å². The van der Waals surface area contributed by atoms with Gasteiger partial charge in [0.1, 0.15) is 17.7 Å². The van der Waals surface area contributed by atoms with E-state index in [0.717, 1.165) is 4.90 Å². The van der Waals surface area contributed by atoms with Gasteiger partial charge in [0.05, 0.1) is 12.6 Å². The Balaban J connectivity index is 1.59. The van der Waals surface area contributed by atoms with Gasteiger partial charge in [-0.15, -0.1) is 0 Å². The fourth-order valence-corrected chi connectivity index (χ4v) is 4.47. The van der Waals surface area contributed by atoms with Crippen molar-refractivity contribution in [2.24, 2.45) is 0 Å². The number of fused-ring (bicyclic) bond motifs is 2. The molecule has 2 aliphatic rings. The number of benzene rings is 3. The van der Waals surface area contributed by atoms with Crippen LogP contribution in [0.2, 0.25) is 0 Å². The van der Waals surface area contributed by atoms with E-state index in [1.807, 2.05) is 0 Å². The number of phenolic OH excluding ortho intramolecular Hbond substituents is 2. The second kappa shape index (κ2) is 7.33. The van der Waals surface area contributed by atoms with Crippen LogP contribution in [0, 0.1) is 11.6 Å². The summed E-state index contributed by atoms with van der Waals surface area (Å²) in [4.78, 5) is 29.2. The quantitative estimate of drug-likeness (QED) is 0.483. The van der Waals surface area contributed by atoms with Gasteiger partial charge in [0.2, 0.25) is 0 Å². The van der Waals surface area contributed by atoms with Gasteiger partial charge in [-0.3, -0.25) is 9.69 Å². The summed E-state index contributed by atoms with van der Waals surface area (Å²) in [5.41, 5.74) is 2.32. The second-order valence-corrected chi connectivity index (χ2v) is 7.95. The Bertz CT molecular complexity index is 1230. The number of aromatic hydroxyl groups is 2. The zero-order chi connectivity index (χ0) is 22.6. The molecule has 0 bridgehead atoms. The van der Waals surface area contributed by atoms with Crippen molar-refractivity contribution in [3.05, 3.63) is 94.6 Å². The van der Waals surface area contributed by atoms with Gasteiger partial charge in [0.15, 0.2) is 11.5 Å². The first kappa shape index (κ1) is 20.0. The molecule has 3 aromatic rings. The smallest absolute Gasteiger partial charge is 0.328 e. The molecule has 2 N–H and O–H groups in total. The molecule has 1 saturated heterocycles. The van der Waals surface area contributed by atoms with Crippen molar-refractivity contribution in [3.8, 4) is 11.5 Å². The minimum atomic E-state index is -0.825. The number of urea groups is 1. The maximum absolute atomic E-state index is 13.6.